The molecule has 20 heavy (non-hydrogen) atoms. The number of halogens is 1. The highest BCUT2D eigenvalue weighted by molar-refractivity contribution is 6.30. The number of ether oxygens (including phenoxy) is 1. The van der Waals surface area contributed by atoms with Gasteiger partial charge in [0.05, 0.1) is 7.11 Å². The highest BCUT2D eigenvalue weighted by Gasteiger charge is 2.09. The van der Waals surface area contributed by atoms with E-state index in [9.17, 15) is 0 Å². The Morgan fingerprint density at radius 2 is 2.10 bits per heavy atom. The maximum Gasteiger partial charge on any atom is 0.163 e. The van der Waals surface area contributed by atoms with Gasteiger partial charge in [0.25, 0.3) is 0 Å². The molecule has 6 heteroatoms. The molecule has 0 aliphatic carbocycles. The van der Waals surface area contributed by atoms with E-state index in [2.05, 4.69) is 10.2 Å². The first-order valence-corrected chi connectivity index (χ1v) is 6.29. The van der Waals surface area contributed by atoms with Gasteiger partial charge in [0.1, 0.15) is 11.8 Å². The number of aromatic nitrogens is 2. The van der Waals surface area contributed by atoms with Crippen LogP contribution in [-0.4, -0.2) is 24.4 Å². The molecular formula is C14H13ClN4O. The Morgan fingerprint density at radius 3 is 2.70 bits per heavy atom. The molecule has 0 unspecified atom stereocenters. The molecule has 5 nitrogen and oxygen atoms in total. The van der Waals surface area contributed by atoms with Crippen LogP contribution in [0.25, 0.3) is 0 Å². The second-order valence-electron chi connectivity index (χ2n) is 4.20. The monoisotopic (exact) mass is 288 g/mol. The van der Waals surface area contributed by atoms with Gasteiger partial charge < -0.3 is 9.64 Å². The largest absolute Gasteiger partial charge is 0.496 e. The predicted octanol–water partition coefficient (Wildman–Crippen LogP) is 2.65. The van der Waals surface area contributed by atoms with E-state index in [0.717, 1.165) is 11.3 Å². The molecule has 1 aromatic heterocycles. The summed E-state index contributed by atoms with van der Waals surface area (Å²) in [6.07, 6.45) is 0. The smallest absolute Gasteiger partial charge is 0.163 e. The van der Waals surface area contributed by atoms with Gasteiger partial charge in [0.15, 0.2) is 11.5 Å². The van der Waals surface area contributed by atoms with E-state index in [1.165, 1.54) is 0 Å². The molecule has 0 saturated heterocycles. The molecule has 0 spiro atoms. The zero-order valence-corrected chi connectivity index (χ0v) is 11.9. The molecule has 0 amide bonds. The first-order chi connectivity index (χ1) is 9.63. The Balaban J connectivity index is 2.20. The number of benzene rings is 1. The number of hydrogen-bond donors (Lipinski definition) is 0. The number of nitriles is 1. The standard InChI is InChI=1S/C14H13ClN4O/c1-19(14-6-4-12(8-16)17-18-14)9-10-7-11(15)3-5-13(10)20-2/h3-7H,9H2,1-2H3. The topological polar surface area (TPSA) is 62.0 Å². The minimum Gasteiger partial charge on any atom is -0.496 e. The molecule has 0 aliphatic rings. The summed E-state index contributed by atoms with van der Waals surface area (Å²) >= 11 is 6.00. The molecule has 0 bridgehead atoms. The van der Waals surface area contributed by atoms with Crippen molar-refractivity contribution in [3.63, 3.8) is 0 Å². The Kier molecular flexibility index (Phi) is 4.38. The lowest BCUT2D eigenvalue weighted by atomic mass is 10.2. The zero-order chi connectivity index (χ0) is 14.5. The van der Waals surface area contributed by atoms with Crippen LogP contribution in [0.2, 0.25) is 5.02 Å². The summed E-state index contributed by atoms with van der Waals surface area (Å²) in [5, 5.41) is 17.2. The first-order valence-electron chi connectivity index (χ1n) is 5.91. The van der Waals surface area contributed by atoms with Gasteiger partial charge in [0.2, 0.25) is 0 Å². The molecule has 0 aliphatic heterocycles. The molecule has 102 valence electrons. The Hall–Kier alpha value is -2.32. The van der Waals surface area contributed by atoms with Gasteiger partial charge in [-0.3, -0.25) is 0 Å². The van der Waals surface area contributed by atoms with Gasteiger partial charge >= 0.3 is 0 Å². The molecule has 2 rings (SSSR count). The lowest BCUT2D eigenvalue weighted by Crippen LogP contribution is -2.18. The number of anilines is 1. The maximum atomic E-state index is 8.70. The van der Waals surface area contributed by atoms with Crippen LogP contribution < -0.4 is 9.64 Å². The van der Waals surface area contributed by atoms with Crippen molar-refractivity contribution in [3.8, 4) is 11.8 Å². The van der Waals surface area contributed by atoms with Crippen LogP contribution in [0.1, 0.15) is 11.3 Å². The van der Waals surface area contributed by atoms with Crippen LogP contribution in [0.5, 0.6) is 5.75 Å². The average Bonchev–Trinajstić information content (AvgIpc) is 2.47. The summed E-state index contributed by atoms with van der Waals surface area (Å²) in [5.41, 5.74) is 1.25. The van der Waals surface area contributed by atoms with Crippen LogP contribution in [0.4, 0.5) is 5.82 Å². The highest BCUT2D eigenvalue weighted by atomic mass is 35.5. The highest BCUT2D eigenvalue weighted by Crippen LogP contribution is 2.24. The molecule has 0 N–H and O–H groups in total. The number of nitrogens with zero attached hydrogens (tertiary/aromatic N) is 4. The average molecular weight is 289 g/mol. The van der Waals surface area contributed by atoms with E-state index >= 15 is 0 Å². The third-order valence-electron chi connectivity index (χ3n) is 2.81. The van der Waals surface area contributed by atoms with Crippen LogP contribution in [0.3, 0.4) is 0 Å². The fraction of sp³-hybridized carbons (Fsp3) is 0.214. The maximum absolute atomic E-state index is 8.70. The summed E-state index contributed by atoms with van der Waals surface area (Å²) in [6, 6.07) is 10.8. The zero-order valence-electron chi connectivity index (χ0n) is 11.2. The van der Waals surface area contributed by atoms with E-state index < -0.39 is 0 Å². The second-order valence-corrected chi connectivity index (χ2v) is 4.64. The third kappa shape index (κ3) is 3.16. The Morgan fingerprint density at radius 1 is 1.30 bits per heavy atom. The summed E-state index contributed by atoms with van der Waals surface area (Å²) in [4.78, 5) is 1.91. The van der Waals surface area contributed by atoms with Crippen LogP contribution in [0.15, 0.2) is 30.3 Å². The molecule has 0 radical (unpaired) electrons. The van der Waals surface area contributed by atoms with Crippen molar-refractivity contribution in [1.82, 2.24) is 10.2 Å². The number of hydrogen-bond acceptors (Lipinski definition) is 5. The summed E-state index contributed by atoms with van der Waals surface area (Å²) in [5.74, 6) is 1.44. The summed E-state index contributed by atoms with van der Waals surface area (Å²) in [7, 11) is 3.50. The summed E-state index contributed by atoms with van der Waals surface area (Å²) in [6.45, 7) is 0.574. The van der Waals surface area contributed by atoms with Crippen molar-refractivity contribution < 1.29 is 4.74 Å². The molecule has 1 heterocycles. The van der Waals surface area contributed by atoms with Gasteiger partial charge in [-0.2, -0.15) is 5.26 Å². The van der Waals surface area contributed by atoms with Gasteiger partial charge in [0, 0.05) is 24.2 Å². The lowest BCUT2D eigenvalue weighted by molar-refractivity contribution is 0.409. The Bertz CT molecular complexity index is 637. The van der Waals surface area contributed by atoms with Gasteiger partial charge in [-0.05, 0) is 30.3 Å². The van der Waals surface area contributed by atoms with Crippen LogP contribution in [-0.2, 0) is 6.54 Å². The van der Waals surface area contributed by atoms with Gasteiger partial charge in [-0.25, -0.2) is 0 Å². The lowest BCUT2D eigenvalue weighted by Gasteiger charge is -2.19. The van der Waals surface area contributed by atoms with Crippen molar-refractivity contribution in [3.05, 3.63) is 46.6 Å². The molecule has 0 saturated carbocycles. The normalized spacial score (nSPS) is 9.90. The third-order valence-corrected chi connectivity index (χ3v) is 3.04. The van der Waals surface area contributed by atoms with Crippen LogP contribution >= 0.6 is 11.6 Å². The molecule has 2 aromatic rings. The quantitative estimate of drug-likeness (QED) is 0.865. The van der Waals surface area contributed by atoms with E-state index in [1.807, 2.05) is 30.1 Å². The van der Waals surface area contributed by atoms with E-state index in [0.29, 0.717) is 23.1 Å². The van der Waals surface area contributed by atoms with Crippen molar-refractivity contribution in [2.75, 3.05) is 19.1 Å². The second kappa shape index (κ2) is 6.22. The molecule has 0 fully saturated rings. The predicted molar refractivity (Wildman–Crippen MR) is 76.9 cm³/mol. The minimum atomic E-state index is 0.294. The molecule has 0 atom stereocenters. The van der Waals surface area contributed by atoms with Crippen molar-refractivity contribution in [1.29, 1.82) is 5.26 Å². The van der Waals surface area contributed by atoms with Gasteiger partial charge in [-0.1, -0.05) is 11.6 Å². The molecular weight excluding hydrogens is 276 g/mol. The fourth-order valence-corrected chi connectivity index (χ4v) is 1.99. The van der Waals surface area contributed by atoms with E-state index in [4.69, 9.17) is 21.6 Å². The molecule has 1 aromatic carbocycles. The minimum absolute atomic E-state index is 0.294. The summed E-state index contributed by atoms with van der Waals surface area (Å²) < 4.78 is 5.31. The fourth-order valence-electron chi connectivity index (χ4n) is 1.80. The Labute approximate surface area is 122 Å². The van der Waals surface area contributed by atoms with Crippen LogP contribution in [0, 0.1) is 11.3 Å². The van der Waals surface area contributed by atoms with E-state index in [1.54, 1.807) is 25.3 Å². The first kappa shape index (κ1) is 14.1. The SMILES string of the molecule is COc1ccc(Cl)cc1CN(C)c1ccc(C#N)nn1. The van der Waals surface area contributed by atoms with Crippen molar-refractivity contribution in [2.24, 2.45) is 0 Å². The van der Waals surface area contributed by atoms with Crippen molar-refractivity contribution in [2.45, 2.75) is 6.54 Å². The van der Waals surface area contributed by atoms with Gasteiger partial charge in [-0.15, -0.1) is 10.2 Å². The van der Waals surface area contributed by atoms with E-state index in [-0.39, 0.29) is 0 Å². The number of rotatable bonds is 4. The number of methoxy groups -OCH3 is 1. The van der Waals surface area contributed by atoms with Crippen molar-refractivity contribution >= 4 is 17.4 Å².